The predicted molar refractivity (Wildman–Crippen MR) is 99.1 cm³/mol. The molecule has 0 radical (unpaired) electrons. The maximum Gasteiger partial charge on any atom is 0.0342 e. The number of benzene rings is 1. The lowest BCUT2D eigenvalue weighted by molar-refractivity contribution is 0.527. The fraction of sp³-hybridized carbons (Fsp3) is 0.650. The molecule has 0 saturated heterocycles. The zero-order chi connectivity index (χ0) is 16.5. The van der Waals surface area contributed by atoms with Crippen molar-refractivity contribution in [1.29, 1.82) is 5.41 Å². The lowest BCUT2D eigenvalue weighted by Gasteiger charge is -2.17. The molecule has 0 heterocycles. The van der Waals surface area contributed by atoms with Crippen molar-refractivity contribution in [1.82, 2.24) is 0 Å². The molecule has 2 unspecified atom stereocenters. The Bertz CT molecular complexity index is 434. The highest BCUT2D eigenvalue weighted by atomic mass is 14.9. The number of hydrogen-bond donors (Lipinski definition) is 2. The summed E-state index contributed by atoms with van der Waals surface area (Å²) in [4.78, 5) is 0. The fourth-order valence-corrected chi connectivity index (χ4v) is 2.64. The molecule has 0 amide bonds. The molecule has 1 aromatic rings. The van der Waals surface area contributed by atoms with Gasteiger partial charge in [-0.15, -0.1) is 0 Å². The Balaban J connectivity index is 2.40. The maximum absolute atomic E-state index is 7.51. The average molecular weight is 303 g/mol. The van der Waals surface area contributed by atoms with Gasteiger partial charge in [-0.1, -0.05) is 32.9 Å². The largest absolute Gasteiger partial charge is 0.383 e. The Labute approximate surface area is 137 Å². The van der Waals surface area contributed by atoms with Gasteiger partial charge in [0.05, 0.1) is 0 Å². The molecule has 0 aliphatic heterocycles. The van der Waals surface area contributed by atoms with E-state index in [0.717, 1.165) is 30.9 Å². The van der Waals surface area contributed by atoms with E-state index in [1.54, 1.807) is 0 Å². The Morgan fingerprint density at radius 1 is 1.00 bits per heavy atom. The molecule has 0 aliphatic carbocycles. The summed E-state index contributed by atoms with van der Waals surface area (Å²) in [5, 5.41) is 11.1. The third kappa shape index (κ3) is 8.21. The van der Waals surface area contributed by atoms with Gasteiger partial charge in [0.1, 0.15) is 0 Å². The van der Waals surface area contributed by atoms with Crippen LogP contribution < -0.4 is 5.32 Å². The minimum absolute atomic E-state index is 0.530. The van der Waals surface area contributed by atoms with E-state index in [-0.39, 0.29) is 0 Å². The van der Waals surface area contributed by atoms with E-state index in [9.17, 15) is 0 Å². The van der Waals surface area contributed by atoms with E-state index in [1.807, 2.05) is 6.92 Å². The van der Waals surface area contributed by atoms with Gasteiger partial charge >= 0.3 is 0 Å². The lowest BCUT2D eigenvalue weighted by Crippen LogP contribution is -2.15. The first kappa shape index (κ1) is 18.7. The van der Waals surface area contributed by atoms with Crippen LogP contribution in [0.15, 0.2) is 24.3 Å². The lowest BCUT2D eigenvalue weighted by atomic mass is 9.95. The zero-order valence-corrected chi connectivity index (χ0v) is 15.1. The fourth-order valence-electron chi connectivity index (χ4n) is 2.64. The molecule has 124 valence electrons. The number of rotatable bonds is 10. The second kappa shape index (κ2) is 9.66. The van der Waals surface area contributed by atoms with Crippen LogP contribution in [0.2, 0.25) is 0 Å². The summed E-state index contributed by atoms with van der Waals surface area (Å²) in [6, 6.07) is 9.42. The van der Waals surface area contributed by atoms with Gasteiger partial charge in [0, 0.05) is 17.4 Å². The van der Waals surface area contributed by atoms with Crippen molar-refractivity contribution in [2.45, 2.75) is 72.8 Å². The summed E-state index contributed by atoms with van der Waals surface area (Å²) in [7, 11) is 0. The molecule has 2 atom stereocenters. The normalized spacial score (nSPS) is 13.9. The van der Waals surface area contributed by atoms with Crippen LogP contribution in [0.25, 0.3) is 0 Å². The highest BCUT2D eigenvalue weighted by Crippen LogP contribution is 2.18. The Morgan fingerprint density at radius 3 is 2.18 bits per heavy atom. The second-order valence-electron chi connectivity index (χ2n) is 7.34. The molecule has 0 saturated carbocycles. The first-order chi connectivity index (χ1) is 10.4. The molecule has 22 heavy (non-hydrogen) atoms. The molecule has 2 nitrogen and oxygen atoms in total. The van der Waals surface area contributed by atoms with Crippen molar-refractivity contribution in [2.24, 2.45) is 11.8 Å². The van der Waals surface area contributed by atoms with Gasteiger partial charge in [-0.3, -0.25) is 0 Å². The first-order valence-corrected chi connectivity index (χ1v) is 8.76. The van der Waals surface area contributed by atoms with Crippen molar-refractivity contribution >= 4 is 11.4 Å². The van der Waals surface area contributed by atoms with Crippen LogP contribution in [0.5, 0.6) is 0 Å². The Kier molecular flexibility index (Phi) is 8.22. The molecule has 2 N–H and O–H groups in total. The molecule has 2 heteroatoms. The Hall–Kier alpha value is -1.31. The zero-order valence-electron chi connectivity index (χ0n) is 15.1. The molecule has 0 bridgehead atoms. The molecule has 0 spiro atoms. The molecule has 0 aromatic heterocycles. The molecule has 1 aromatic carbocycles. The van der Waals surface area contributed by atoms with Crippen LogP contribution in [0.1, 0.15) is 65.9 Å². The number of anilines is 1. The summed E-state index contributed by atoms with van der Waals surface area (Å²) < 4.78 is 0. The summed E-state index contributed by atoms with van der Waals surface area (Å²) in [5.74, 6) is 1.42. The average Bonchev–Trinajstić information content (AvgIpc) is 2.45. The summed E-state index contributed by atoms with van der Waals surface area (Å²) in [5.41, 5.74) is 3.42. The van der Waals surface area contributed by atoms with Crippen LogP contribution in [-0.2, 0) is 6.42 Å². The Morgan fingerprint density at radius 2 is 1.64 bits per heavy atom. The van der Waals surface area contributed by atoms with Gasteiger partial charge < -0.3 is 10.7 Å². The van der Waals surface area contributed by atoms with E-state index in [1.165, 1.54) is 24.1 Å². The van der Waals surface area contributed by atoms with Gasteiger partial charge in [0.15, 0.2) is 0 Å². The van der Waals surface area contributed by atoms with Crippen molar-refractivity contribution in [3.8, 4) is 0 Å². The maximum atomic E-state index is 7.51. The third-order valence-electron chi connectivity index (χ3n) is 4.14. The smallest absolute Gasteiger partial charge is 0.0342 e. The van der Waals surface area contributed by atoms with Crippen LogP contribution in [0, 0.1) is 17.2 Å². The highest BCUT2D eigenvalue weighted by Gasteiger charge is 2.06. The van der Waals surface area contributed by atoms with Crippen LogP contribution >= 0.6 is 0 Å². The molecule has 0 fully saturated rings. The van der Waals surface area contributed by atoms with Crippen LogP contribution in [0.3, 0.4) is 0 Å². The van der Waals surface area contributed by atoms with Gasteiger partial charge in [0.2, 0.25) is 0 Å². The van der Waals surface area contributed by atoms with Crippen LogP contribution in [0.4, 0.5) is 5.69 Å². The predicted octanol–water partition coefficient (Wildman–Crippen LogP) is 5.92. The van der Waals surface area contributed by atoms with Crippen molar-refractivity contribution in [2.75, 3.05) is 5.32 Å². The summed E-state index contributed by atoms with van der Waals surface area (Å²) >= 11 is 0. The summed E-state index contributed by atoms with van der Waals surface area (Å²) in [6.45, 7) is 11.0. The standard InChI is InChI=1S/C20H34N2/c1-15(2)6-9-18(5)22-20-12-10-19(11-13-20)14-16(3)7-8-17(4)21/h10-13,15-16,18,21-22H,6-9,14H2,1-5H3. The van der Waals surface area contributed by atoms with E-state index in [4.69, 9.17) is 5.41 Å². The summed E-state index contributed by atoms with van der Waals surface area (Å²) in [6.07, 6.45) is 5.64. The highest BCUT2D eigenvalue weighted by molar-refractivity contribution is 5.78. The topological polar surface area (TPSA) is 35.9 Å². The minimum Gasteiger partial charge on any atom is -0.383 e. The van der Waals surface area contributed by atoms with Gasteiger partial charge in [0.25, 0.3) is 0 Å². The van der Waals surface area contributed by atoms with Gasteiger partial charge in [-0.25, -0.2) is 0 Å². The monoisotopic (exact) mass is 302 g/mol. The van der Waals surface area contributed by atoms with E-state index < -0.39 is 0 Å². The van der Waals surface area contributed by atoms with Gasteiger partial charge in [-0.05, 0) is 75.5 Å². The quantitative estimate of drug-likeness (QED) is 0.517. The van der Waals surface area contributed by atoms with Crippen molar-refractivity contribution < 1.29 is 0 Å². The third-order valence-corrected chi connectivity index (χ3v) is 4.14. The van der Waals surface area contributed by atoms with E-state index >= 15 is 0 Å². The van der Waals surface area contributed by atoms with Crippen molar-refractivity contribution in [3.63, 3.8) is 0 Å². The molecular weight excluding hydrogens is 268 g/mol. The van der Waals surface area contributed by atoms with Crippen LogP contribution in [-0.4, -0.2) is 11.8 Å². The van der Waals surface area contributed by atoms with Crippen molar-refractivity contribution in [3.05, 3.63) is 29.8 Å². The first-order valence-electron chi connectivity index (χ1n) is 8.76. The SMILES string of the molecule is CC(=N)CCC(C)Cc1ccc(NC(C)CCC(C)C)cc1. The van der Waals surface area contributed by atoms with E-state index in [0.29, 0.717) is 12.0 Å². The molecule has 0 aliphatic rings. The van der Waals surface area contributed by atoms with E-state index in [2.05, 4.69) is 57.3 Å². The minimum atomic E-state index is 0.530. The second-order valence-corrected chi connectivity index (χ2v) is 7.34. The molecule has 1 rings (SSSR count). The number of hydrogen-bond acceptors (Lipinski definition) is 2. The van der Waals surface area contributed by atoms with Gasteiger partial charge in [-0.2, -0.15) is 0 Å². The number of nitrogens with one attached hydrogen (secondary N) is 2. The molecular formula is C20H34N2.